The molecule has 1 saturated carbocycles. The third-order valence-electron chi connectivity index (χ3n) is 4.73. The van der Waals surface area contributed by atoms with E-state index in [1.54, 1.807) is 12.1 Å². The van der Waals surface area contributed by atoms with Gasteiger partial charge >= 0.3 is 6.03 Å². The van der Waals surface area contributed by atoms with E-state index in [1.807, 2.05) is 12.1 Å². The van der Waals surface area contributed by atoms with Gasteiger partial charge in [-0.3, -0.25) is 4.90 Å². The first-order valence-corrected chi connectivity index (χ1v) is 8.65. The Balaban J connectivity index is 0.00000192. The van der Waals surface area contributed by atoms with Gasteiger partial charge in [0.2, 0.25) is 0 Å². The van der Waals surface area contributed by atoms with Crippen molar-refractivity contribution in [1.82, 2.24) is 10.2 Å². The Labute approximate surface area is 149 Å². The molecule has 2 aliphatic rings. The van der Waals surface area contributed by atoms with Crippen LogP contribution in [0.15, 0.2) is 24.3 Å². The second kappa shape index (κ2) is 8.76. The molecule has 0 radical (unpaired) electrons. The SMILES string of the molecule is Cl.O=C(Nc1cccc(Cl)c1)NC1CCN(C2CCCCC2)C1. The molecule has 1 aliphatic heterocycles. The molecular weight excluding hydrogens is 333 g/mol. The van der Waals surface area contributed by atoms with Crippen LogP contribution in [0.1, 0.15) is 38.5 Å². The fourth-order valence-electron chi connectivity index (χ4n) is 3.60. The number of hydrogen-bond donors (Lipinski definition) is 2. The van der Waals surface area contributed by atoms with Crippen LogP contribution in [0.5, 0.6) is 0 Å². The smallest absolute Gasteiger partial charge is 0.319 e. The van der Waals surface area contributed by atoms with Crippen LogP contribution in [0.3, 0.4) is 0 Å². The number of carbonyl (C=O) groups is 1. The zero-order chi connectivity index (χ0) is 15.4. The number of hydrogen-bond acceptors (Lipinski definition) is 2. The number of halogens is 2. The molecule has 23 heavy (non-hydrogen) atoms. The molecule has 128 valence electrons. The van der Waals surface area contributed by atoms with E-state index in [-0.39, 0.29) is 24.5 Å². The fourth-order valence-corrected chi connectivity index (χ4v) is 3.79. The van der Waals surface area contributed by atoms with E-state index in [2.05, 4.69) is 15.5 Å². The average molecular weight is 358 g/mol. The number of amides is 2. The summed E-state index contributed by atoms with van der Waals surface area (Å²) in [5.74, 6) is 0. The van der Waals surface area contributed by atoms with Crippen molar-refractivity contribution in [3.63, 3.8) is 0 Å². The Hall–Kier alpha value is -0.970. The number of nitrogens with one attached hydrogen (secondary N) is 2. The van der Waals surface area contributed by atoms with Gasteiger partial charge in [-0.1, -0.05) is 36.9 Å². The summed E-state index contributed by atoms with van der Waals surface area (Å²) in [6.45, 7) is 2.08. The Bertz CT molecular complexity index is 520. The van der Waals surface area contributed by atoms with Crippen LogP contribution >= 0.6 is 24.0 Å². The van der Waals surface area contributed by atoms with Crippen LogP contribution in [-0.4, -0.2) is 36.1 Å². The molecule has 2 amide bonds. The topological polar surface area (TPSA) is 44.4 Å². The van der Waals surface area contributed by atoms with Gasteiger partial charge in [-0.05, 0) is 37.5 Å². The van der Waals surface area contributed by atoms with Gasteiger partial charge in [-0.25, -0.2) is 4.79 Å². The zero-order valence-corrected chi connectivity index (χ0v) is 14.8. The summed E-state index contributed by atoms with van der Waals surface area (Å²) in [7, 11) is 0. The van der Waals surface area contributed by atoms with E-state index in [9.17, 15) is 4.79 Å². The van der Waals surface area contributed by atoms with Gasteiger partial charge in [0.25, 0.3) is 0 Å². The van der Waals surface area contributed by atoms with E-state index in [1.165, 1.54) is 32.1 Å². The van der Waals surface area contributed by atoms with Crippen molar-refractivity contribution < 1.29 is 4.79 Å². The van der Waals surface area contributed by atoms with Crippen LogP contribution in [-0.2, 0) is 0 Å². The van der Waals surface area contributed by atoms with E-state index >= 15 is 0 Å². The summed E-state index contributed by atoms with van der Waals surface area (Å²) in [5.41, 5.74) is 0.729. The molecule has 3 rings (SSSR count). The second-order valence-electron chi connectivity index (χ2n) is 6.38. The number of anilines is 1. The minimum atomic E-state index is -0.141. The molecule has 6 heteroatoms. The molecule has 0 bridgehead atoms. The van der Waals surface area contributed by atoms with Crippen LogP contribution in [0.4, 0.5) is 10.5 Å². The lowest BCUT2D eigenvalue weighted by molar-refractivity contribution is 0.187. The van der Waals surface area contributed by atoms with Gasteiger partial charge in [-0.15, -0.1) is 12.4 Å². The average Bonchev–Trinajstić information content (AvgIpc) is 2.96. The number of likely N-dealkylation sites (tertiary alicyclic amines) is 1. The van der Waals surface area contributed by atoms with Crippen molar-refractivity contribution in [2.24, 2.45) is 0 Å². The molecule has 0 spiro atoms. The number of urea groups is 1. The van der Waals surface area contributed by atoms with Crippen LogP contribution in [0.2, 0.25) is 5.02 Å². The molecule has 1 heterocycles. The minimum Gasteiger partial charge on any atom is -0.334 e. The highest BCUT2D eigenvalue weighted by atomic mass is 35.5. The van der Waals surface area contributed by atoms with Crippen molar-refractivity contribution in [3.05, 3.63) is 29.3 Å². The normalized spacial score (nSPS) is 22.4. The largest absolute Gasteiger partial charge is 0.334 e. The highest BCUT2D eigenvalue weighted by molar-refractivity contribution is 6.30. The van der Waals surface area contributed by atoms with Gasteiger partial charge in [-0.2, -0.15) is 0 Å². The molecule has 1 unspecified atom stereocenters. The van der Waals surface area contributed by atoms with Gasteiger partial charge in [0.15, 0.2) is 0 Å². The van der Waals surface area contributed by atoms with Crippen molar-refractivity contribution in [2.45, 2.75) is 50.6 Å². The number of benzene rings is 1. The maximum Gasteiger partial charge on any atom is 0.319 e. The van der Waals surface area contributed by atoms with Crippen molar-refractivity contribution in [2.75, 3.05) is 18.4 Å². The summed E-state index contributed by atoms with van der Waals surface area (Å²) in [6.07, 6.45) is 7.78. The lowest BCUT2D eigenvalue weighted by Crippen LogP contribution is -2.42. The Kier molecular flexibility index (Phi) is 7.00. The van der Waals surface area contributed by atoms with Crippen LogP contribution in [0, 0.1) is 0 Å². The third-order valence-corrected chi connectivity index (χ3v) is 4.96. The summed E-state index contributed by atoms with van der Waals surface area (Å²) >= 11 is 5.93. The maximum absolute atomic E-state index is 12.1. The predicted molar refractivity (Wildman–Crippen MR) is 97.7 cm³/mol. The standard InChI is InChI=1S/C17H24ClN3O.ClH/c18-13-5-4-6-14(11-13)19-17(22)20-15-9-10-21(12-15)16-7-2-1-3-8-16;/h4-6,11,15-16H,1-3,7-10,12H2,(H2,19,20,22);1H. The van der Waals surface area contributed by atoms with Gasteiger partial charge in [0.1, 0.15) is 0 Å². The fraction of sp³-hybridized carbons (Fsp3) is 0.588. The molecule has 1 atom stereocenters. The van der Waals surface area contributed by atoms with Crippen molar-refractivity contribution >= 4 is 35.7 Å². The first-order chi connectivity index (χ1) is 10.7. The Morgan fingerprint density at radius 1 is 1.17 bits per heavy atom. The highest BCUT2D eigenvalue weighted by Crippen LogP contribution is 2.25. The molecule has 1 aromatic carbocycles. The van der Waals surface area contributed by atoms with E-state index in [4.69, 9.17) is 11.6 Å². The molecule has 0 aromatic heterocycles. The highest BCUT2D eigenvalue weighted by Gasteiger charge is 2.29. The molecule has 1 aromatic rings. The van der Waals surface area contributed by atoms with Crippen molar-refractivity contribution in [1.29, 1.82) is 0 Å². The third kappa shape index (κ3) is 5.27. The molecular formula is C17H25Cl2N3O. The predicted octanol–water partition coefficient (Wildman–Crippen LogP) is 4.29. The number of rotatable bonds is 3. The maximum atomic E-state index is 12.1. The molecule has 1 aliphatic carbocycles. The van der Waals surface area contributed by atoms with Crippen molar-refractivity contribution in [3.8, 4) is 0 Å². The van der Waals surface area contributed by atoms with Gasteiger partial charge < -0.3 is 10.6 Å². The molecule has 1 saturated heterocycles. The van der Waals surface area contributed by atoms with E-state index < -0.39 is 0 Å². The number of carbonyl (C=O) groups excluding carboxylic acids is 1. The molecule has 4 nitrogen and oxygen atoms in total. The molecule has 2 N–H and O–H groups in total. The van der Waals surface area contributed by atoms with E-state index in [0.29, 0.717) is 5.02 Å². The summed E-state index contributed by atoms with van der Waals surface area (Å²) in [6, 6.07) is 8.07. The first kappa shape index (κ1) is 18.4. The second-order valence-corrected chi connectivity index (χ2v) is 6.82. The molecule has 2 fully saturated rings. The summed E-state index contributed by atoms with van der Waals surface area (Å²) in [5, 5.41) is 6.56. The first-order valence-electron chi connectivity index (χ1n) is 8.28. The van der Waals surface area contributed by atoms with E-state index in [0.717, 1.165) is 31.2 Å². The lowest BCUT2D eigenvalue weighted by Gasteiger charge is -2.31. The minimum absolute atomic E-state index is 0. The van der Waals surface area contributed by atoms with Crippen LogP contribution < -0.4 is 10.6 Å². The Morgan fingerprint density at radius 3 is 2.70 bits per heavy atom. The lowest BCUT2D eigenvalue weighted by atomic mass is 9.94. The van der Waals surface area contributed by atoms with Gasteiger partial charge in [0, 0.05) is 35.9 Å². The van der Waals surface area contributed by atoms with Gasteiger partial charge in [0.05, 0.1) is 0 Å². The van der Waals surface area contributed by atoms with Crippen LogP contribution in [0.25, 0.3) is 0 Å². The monoisotopic (exact) mass is 357 g/mol. The number of nitrogens with zero attached hydrogens (tertiary/aromatic N) is 1. The quantitative estimate of drug-likeness (QED) is 0.847. The summed E-state index contributed by atoms with van der Waals surface area (Å²) < 4.78 is 0. The Morgan fingerprint density at radius 2 is 1.96 bits per heavy atom. The zero-order valence-electron chi connectivity index (χ0n) is 13.3. The summed E-state index contributed by atoms with van der Waals surface area (Å²) in [4.78, 5) is 14.6.